The molecular weight excluding hydrogens is 228 g/mol. The molecule has 0 bridgehead atoms. The second kappa shape index (κ2) is 4.90. The van der Waals surface area contributed by atoms with Crippen molar-refractivity contribution in [3.8, 4) is 0 Å². The number of hydrogen-bond acceptors (Lipinski definition) is 4. The summed E-state index contributed by atoms with van der Waals surface area (Å²) >= 11 is 0. The SMILES string of the molecule is Cc1nn(C)c(N2CCOC(C)(C)C2)c1CCN. The Bertz CT molecular complexity index is 425. The summed E-state index contributed by atoms with van der Waals surface area (Å²) < 4.78 is 7.74. The van der Waals surface area contributed by atoms with Crippen molar-refractivity contribution in [3.63, 3.8) is 0 Å². The number of rotatable bonds is 3. The monoisotopic (exact) mass is 252 g/mol. The number of anilines is 1. The van der Waals surface area contributed by atoms with Gasteiger partial charge in [0.15, 0.2) is 0 Å². The molecule has 0 saturated carbocycles. The van der Waals surface area contributed by atoms with Gasteiger partial charge < -0.3 is 15.4 Å². The molecule has 5 heteroatoms. The Morgan fingerprint density at radius 1 is 1.44 bits per heavy atom. The third-order valence-electron chi connectivity index (χ3n) is 3.43. The molecule has 1 aromatic heterocycles. The average Bonchev–Trinajstić information content (AvgIpc) is 2.53. The van der Waals surface area contributed by atoms with Crippen molar-refractivity contribution >= 4 is 5.82 Å². The van der Waals surface area contributed by atoms with E-state index in [1.807, 2.05) is 11.7 Å². The number of aryl methyl sites for hydroxylation is 2. The van der Waals surface area contributed by atoms with Crippen LogP contribution >= 0.6 is 0 Å². The van der Waals surface area contributed by atoms with E-state index in [1.54, 1.807) is 0 Å². The highest BCUT2D eigenvalue weighted by molar-refractivity contribution is 5.51. The van der Waals surface area contributed by atoms with Crippen LogP contribution in [-0.4, -0.2) is 41.6 Å². The maximum Gasteiger partial charge on any atom is 0.130 e. The van der Waals surface area contributed by atoms with Crippen LogP contribution in [0.1, 0.15) is 25.1 Å². The Kier molecular flexibility index (Phi) is 3.64. The molecule has 1 saturated heterocycles. The normalized spacial score (nSPS) is 19.3. The first-order chi connectivity index (χ1) is 8.44. The Balaban J connectivity index is 2.32. The summed E-state index contributed by atoms with van der Waals surface area (Å²) in [5, 5.41) is 4.53. The molecule has 2 rings (SSSR count). The van der Waals surface area contributed by atoms with Crippen LogP contribution in [0.25, 0.3) is 0 Å². The molecule has 1 aliphatic rings. The zero-order valence-electron chi connectivity index (χ0n) is 11.9. The van der Waals surface area contributed by atoms with E-state index in [2.05, 4.69) is 30.8 Å². The summed E-state index contributed by atoms with van der Waals surface area (Å²) in [6, 6.07) is 0. The first-order valence-electron chi connectivity index (χ1n) is 6.56. The number of hydrogen-bond donors (Lipinski definition) is 1. The molecule has 1 aliphatic heterocycles. The largest absolute Gasteiger partial charge is 0.372 e. The van der Waals surface area contributed by atoms with E-state index in [0.717, 1.165) is 31.8 Å². The lowest BCUT2D eigenvalue weighted by Crippen LogP contribution is -2.49. The van der Waals surface area contributed by atoms with Crippen LogP contribution < -0.4 is 10.6 Å². The number of nitrogens with zero attached hydrogens (tertiary/aromatic N) is 3. The Morgan fingerprint density at radius 3 is 2.78 bits per heavy atom. The Labute approximate surface area is 109 Å². The lowest BCUT2D eigenvalue weighted by Gasteiger charge is -2.39. The minimum absolute atomic E-state index is 0.101. The average molecular weight is 252 g/mol. The van der Waals surface area contributed by atoms with Gasteiger partial charge in [-0.25, -0.2) is 0 Å². The first-order valence-corrected chi connectivity index (χ1v) is 6.56. The van der Waals surface area contributed by atoms with Gasteiger partial charge in [0, 0.05) is 25.7 Å². The summed E-state index contributed by atoms with van der Waals surface area (Å²) in [5.74, 6) is 1.20. The smallest absolute Gasteiger partial charge is 0.130 e. The molecule has 1 fully saturated rings. The van der Waals surface area contributed by atoms with Gasteiger partial charge in [-0.2, -0.15) is 5.10 Å². The van der Waals surface area contributed by atoms with Gasteiger partial charge in [-0.3, -0.25) is 4.68 Å². The van der Waals surface area contributed by atoms with Gasteiger partial charge in [-0.05, 0) is 33.7 Å². The minimum atomic E-state index is -0.101. The highest BCUT2D eigenvalue weighted by atomic mass is 16.5. The number of morpholine rings is 1. The molecule has 2 N–H and O–H groups in total. The molecule has 1 aromatic rings. The van der Waals surface area contributed by atoms with E-state index in [9.17, 15) is 0 Å². The Morgan fingerprint density at radius 2 is 2.17 bits per heavy atom. The van der Waals surface area contributed by atoms with Gasteiger partial charge in [-0.15, -0.1) is 0 Å². The van der Waals surface area contributed by atoms with Crippen LogP contribution in [-0.2, 0) is 18.2 Å². The second-order valence-corrected chi connectivity index (χ2v) is 5.58. The zero-order chi connectivity index (χ0) is 13.3. The fraction of sp³-hybridized carbons (Fsp3) is 0.769. The summed E-state index contributed by atoms with van der Waals surface area (Å²) in [6.45, 7) is 9.55. The van der Waals surface area contributed by atoms with Crippen LogP contribution in [0.2, 0.25) is 0 Å². The number of nitrogens with two attached hydrogens (primary N) is 1. The molecule has 102 valence electrons. The van der Waals surface area contributed by atoms with Crippen molar-refractivity contribution in [3.05, 3.63) is 11.3 Å². The van der Waals surface area contributed by atoms with Crippen LogP contribution in [0.15, 0.2) is 0 Å². The molecule has 0 spiro atoms. The zero-order valence-corrected chi connectivity index (χ0v) is 11.9. The van der Waals surface area contributed by atoms with Gasteiger partial charge >= 0.3 is 0 Å². The summed E-state index contributed by atoms with van der Waals surface area (Å²) in [5.41, 5.74) is 7.97. The van der Waals surface area contributed by atoms with Gasteiger partial charge in [0.1, 0.15) is 5.82 Å². The third-order valence-corrected chi connectivity index (χ3v) is 3.43. The van der Waals surface area contributed by atoms with E-state index in [0.29, 0.717) is 6.54 Å². The Hall–Kier alpha value is -1.07. The van der Waals surface area contributed by atoms with E-state index >= 15 is 0 Å². The van der Waals surface area contributed by atoms with Crippen molar-refractivity contribution in [2.75, 3.05) is 31.1 Å². The highest BCUT2D eigenvalue weighted by Crippen LogP contribution is 2.28. The van der Waals surface area contributed by atoms with E-state index in [4.69, 9.17) is 10.5 Å². The molecule has 2 heterocycles. The number of aromatic nitrogens is 2. The lowest BCUT2D eigenvalue weighted by atomic mass is 10.1. The van der Waals surface area contributed by atoms with Gasteiger partial charge in [0.25, 0.3) is 0 Å². The van der Waals surface area contributed by atoms with E-state index < -0.39 is 0 Å². The third kappa shape index (κ3) is 2.52. The fourth-order valence-electron chi connectivity index (χ4n) is 2.72. The summed E-state index contributed by atoms with van der Waals surface area (Å²) in [6.07, 6.45) is 0.882. The molecular formula is C13H24N4O. The first kappa shape index (κ1) is 13.4. The molecule has 0 aliphatic carbocycles. The van der Waals surface area contributed by atoms with Gasteiger partial charge in [0.05, 0.1) is 17.9 Å². The van der Waals surface area contributed by atoms with Crippen molar-refractivity contribution in [2.24, 2.45) is 12.8 Å². The van der Waals surface area contributed by atoms with Crippen LogP contribution in [0.4, 0.5) is 5.82 Å². The molecule has 18 heavy (non-hydrogen) atoms. The van der Waals surface area contributed by atoms with Crippen molar-refractivity contribution in [1.82, 2.24) is 9.78 Å². The van der Waals surface area contributed by atoms with Crippen LogP contribution in [0, 0.1) is 6.92 Å². The number of ether oxygens (including phenoxy) is 1. The molecule has 0 aromatic carbocycles. The predicted molar refractivity (Wildman–Crippen MR) is 72.9 cm³/mol. The van der Waals surface area contributed by atoms with E-state index in [-0.39, 0.29) is 5.60 Å². The maximum atomic E-state index is 5.77. The van der Waals surface area contributed by atoms with Gasteiger partial charge in [-0.1, -0.05) is 0 Å². The minimum Gasteiger partial charge on any atom is -0.372 e. The lowest BCUT2D eigenvalue weighted by molar-refractivity contribution is -0.0281. The summed E-state index contributed by atoms with van der Waals surface area (Å²) in [4.78, 5) is 2.37. The molecule has 0 amide bonds. The van der Waals surface area contributed by atoms with Crippen molar-refractivity contribution < 1.29 is 4.74 Å². The predicted octanol–water partition coefficient (Wildman–Crippen LogP) is 0.845. The van der Waals surface area contributed by atoms with E-state index in [1.165, 1.54) is 11.4 Å². The van der Waals surface area contributed by atoms with Gasteiger partial charge in [0.2, 0.25) is 0 Å². The second-order valence-electron chi connectivity index (χ2n) is 5.58. The highest BCUT2D eigenvalue weighted by Gasteiger charge is 2.30. The fourth-order valence-corrected chi connectivity index (χ4v) is 2.72. The van der Waals surface area contributed by atoms with Crippen molar-refractivity contribution in [2.45, 2.75) is 32.8 Å². The molecule has 5 nitrogen and oxygen atoms in total. The maximum absolute atomic E-state index is 5.77. The topological polar surface area (TPSA) is 56.3 Å². The molecule has 0 radical (unpaired) electrons. The quantitative estimate of drug-likeness (QED) is 0.866. The molecule has 0 atom stereocenters. The molecule has 0 unspecified atom stereocenters. The summed E-state index contributed by atoms with van der Waals surface area (Å²) in [7, 11) is 2.00. The standard InChI is InChI=1S/C13H24N4O/c1-10-11(5-6-14)12(16(4)15-10)17-7-8-18-13(2,3)9-17/h5-9,14H2,1-4H3. The van der Waals surface area contributed by atoms with Crippen molar-refractivity contribution in [1.29, 1.82) is 0 Å². The van der Waals surface area contributed by atoms with Crippen LogP contribution in [0.5, 0.6) is 0 Å². The van der Waals surface area contributed by atoms with Crippen LogP contribution in [0.3, 0.4) is 0 Å².